The van der Waals surface area contributed by atoms with Crippen LogP contribution in [0.25, 0.3) is 21.2 Å². The summed E-state index contributed by atoms with van der Waals surface area (Å²) in [6.45, 7) is 4.07. The van der Waals surface area contributed by atoms with Crippen LogP contribution in [0.3, 0.4) is 0 Å². The summed E-state index contributed by atoms with van der Waals surface area (Å²) >= 11 is 1.74. The third kappa shape index (κ3) is 5.49. The summed E-state index contributed by atoms with van der Waals surface area (Å²) in [6, 6.07) is 20.3. The fourth-order valence-electron chi connectivity index (χ4n) is 5.87. The van der Waals surface area contributed by atoms with Gasteiger partial charge in [-0.05, 0) is 71.0 Å². The van der Waals surface area contributed by atoms with Crippen LogP contribution < -0.4 is 9.47 Å². The number of hydrogen-bond acceptors (Lipinski definition) is 6. The van der Waals surface area contributed by atoms with Crippen LogP contribution in [-0.2, 0) is 26.3 Å². The first-order chi connectivity index (χ1) is 19.4. The Kier molecular flexibility index (Phi) is 7.34. The number of hydrogen-bond donors (Lipinski definition) is 1. The lowest BCUT2D eigenvalue weighted by Crippen LogP contribution is -2.43. The zero-order chi connectivity index (χ0) is 27.7. The zero-order valence-electron chi connectivity index (χ0n) is 22.5. The lowest BCUT2D eigenvalue weighted by Gasteiger charge is -2.39. The molecule has 6 rings (SSSR count). The van der Waals surface area contributed by atoms with Crippen molar-refractivity contribution >= 4 is 33.2 Å². The normalized spacial score (nSPS) is 17.0. The molecule has 40 heavy (non-hydrogen) atoms. The molecule has 0 radical (unpaired) electrons. The van der Waals surface area contributed by atoms with Crippen LogP contribution in [0.15, 0.2) is 66.0 Å². The second kappa shape index (κ2) is 11.1. The minimum atomic E-state index is -0.884. The molecular weight excluding hydrogens is 524 g/mol. The highest BCUT2D eigenvalue weighted by atomic mass is 32.1. The second-order valence-electron chi connectivity index (χ2n) is 10.9. The molecule has 1 aromatic heterocycles. The molecule has 1 aliphatic carbocycles. The van der Waals surface area contributed by atoms with Crippen molar-refractivity contribution in [1.29, 1.82) is 0 Å². The smallest absolute Gasteiger partial charge is 0.304 e. The van der Waals surface area contributed by atoms with E-state index >= 15 is 0 Å². The molecule has 1 N–H and O–H groups in total. The van der Waals surface area contributed by atoms with E-state index in [9.17, 15) is 14.7 Å². The van der Waals surface area contributed by atoms with E-state index in [1.807, 2.05) is 24.3 Å². The number of ketones is 1. The minimum Gasteiger partial charge on any atom is -0.490 e. The average molecular weight is 557 g/mol. The Labute approximate surface area is 237 Å². The van der Waals surface area contributed by atoms with E-state index in [1.165, 1.54) is 26.8 Å². The van der Waals surface area contributed by atoms with Crippen LogP contribution in [0.4, 0.5) is 0 Å². The molecule has 0 atom stereocenters. The van der Waals surface area contributed by atoms with Crippen molar-refractivity contribution in [3.63, 3.8) is 0 Å². The molecule has 0 amide bonds. The van der Waals surface area contributed by atoms with Gasteiger partial charge in [-0.1, -0.05) is 24.3 Å². The Balaban J connectivity index is 1.15. The van der Waals surface area contributed by atoms with Crippen molar-refractivity contribution in [2.45, 2.75) is 57.2 Å². The molecule has 2 heterocycles. The third-order valence-corrected chi connectivity index (χ3v) is 8.99. The van der Waals surface area contributed by atoms with Gasteiger partial charge in [0.1, 0.15) is 30.0 Å². The third-order valence-electron chi connectivity index (χ3n) is 8.03. The summed E-state index contributed by atoms with van der Waals surface area (Å²) in [4.78, 5) is 23.0. The van der Waals surface area contributed by atoms with Crippen LogP contribution in [0.1, 0.15) is 48.8 Å². The van der Waals surface area contributed by atoms with Crippen LogP contribution in [-0.4, -0.2) is 36.2 Å². The van der Waals surface area contributed by atoms with Gasteiger partial charge < -0.3 is 19.3 Å². The number of aliphatic carboxylic acids is 1. The molecule has 6 nitrogen and oxygen atoms in total. The molecule has 1 saturated heterocycles. The molecule has 7 heteroatoms. The maximum absolute atomic E-state index is 11.7. The van der Waals surface area contributed by atoms with Crippen LogP contribution in [0, 0.1) is 6.92 Å². The molecule has 4 aromatic rings. The fraction of sp³-hybridized carbons (Fsp3) is 0.333. The van der Waals surface area contributed by atoms with Gasteiger partial charge in [0.05, 0.1) is 19.6 Å². The number of thiophene rings is 1. The van der Waals surface area contributed by atoms with Crippen LogP contribution >= 0.6 is 11.3 Å². The maximum atomic E-state index is 11.7. The van der Waals surface area contributed by atoms with E-state index in [0.717, 1.165) is 42.9 Å². The summed E-state index contributed by atoms with van der Waals surface area (Å²) in [5.41, 5.74) is 4.95. The predicted molar refractivity (Wildman–Crippen MR) is 155 cm³/mol. The Morgan fingerprint density at radius 2 is 1.75 bits per heavy atom. The average Bonchev–Trinajstić information content (AvgIpc) is 3.34. The molecule has 0 bridgehead atoms. The number of carbonyl (C=O) groups is 2. The SMILES string of the molecule is Cc1cc(OC2CCOCC2)ccc1-c1csc2ccc(COc3ccc(C4(CC(=O)O)CC(=O)C4)cc3)cc12. The first-order valence-corrected chi connectivity index (χ1v) is 14.6. The zero-order valence-corrected chi connectivity index (χ0v) is 23.3. The van der Waals surface area contributed by atoms with Crippen molar-refractivity contribution in [2.24, 2.45) is 0 Å². The Morgan fingerprint density at radius 1 is 1.00 bits per heavy atom. The number of Topliss-reactive ketones (excluding diaryl/α,β-unsaturated/α-hetero) is 1. The number of aryl methyl sites for hydroxylation is 1. The van der Waals surface area contributed by atoms with Gasteiger partial charge in [0.15, 0.2) is 0 Å². The number of fused-ring (bicyclic) bond motifs is 1. The summed E-state index contributed by atoms with van der Waals surface area (Å²) in [7, 11) is 0. The Morgan fingerprint density at radius 3 is 2.45 bits per heavy atom. The van der Waals surface area contributed by atoms with Crippen molar-refractivity contribution in [3.8, 4) is 22.6 Å². The van der Waals surface area contributed by atoms with E-state index in [4.69, 9.17) is 14.2 Å². The van der Waals surface area contributed by atoms with Gasteiger partial charge in [-0.3, -0.25) is 9.59 Å². The van der Waals surface area contributed by atoms with Crippen molar-refractivity contribution in [3.05, 3.63) is 82.7 Å². The highest BCUT2D eigenvalue weighted by Crippen LogP contribution is 2.44. The van der Waals surface area contributed by atoms with Crippen molar-refractivity contribution in [1.82, 2.24) is 0 Å². The Hall–Kier alpha value is -3.68. The lowest BCUT2D eigenvalue weighted by atomic mass is 9.62. The molecule has 0 unspecified atom stereocenters. The van der Waals surface area contributed by atoms with Gasteiger partial charge in [-0.25, -0.2) is 0 Å². The molecule has 1 saturated carbocycles. The molecule has 206 valence electrons. The van der Waals surface area contributed by atoms with Crippen molar-refractivity contribution < 1.29 is 28.9 Å². The van der Waals surface area contributed by atoms with Crippen LogP contribution in [0.2, 0.25) is 0 Å². The summed E-state index contributed by atoms with van der Waals surface area (Å²) in [5.74, 6) is 0.844. The number of carboxylic acid groups (broad SMARTS) is 1. The molecule has 1 aliphatic heterocycles. The first-order valence-electron chi connectivity index (χ1n) is 13.7. The number of rotatable bonds is 9. The van der Waals surface area contributed by atoms with E-state index < -0.39 is 11.4 Å². The number of carboxylic acids is 1. The number of benzene rings is 3. The molecule has 3 aromatic carbocycles. The van der Waals surface area contributed by atoms with E-state index in [2.05, 4.69) is 48.7 Å². The van der Waals surface area contributed by atoms with E-state index in [0.29, 0.717) is 12.4 Å². The molecular formula is C33H32O6S. The summed E-state index contributed by atoms with van der Waals surface area (Å²) in [5, 5.41) is 12.7. The highest BCUT2D eigenvalue weighted by Gasteiger charge is 2.46. The fourth-order valence-corrected chi connectivity index (χ4v) is 6.81. The van der Waals surface area contributed by atoms with Gasteiger partial charge in [-0.15, -0.1) is 11.3 Å². The predicted octanol–water partition coefficient (Wildman–Crippen LogP) is 7.09. The quantitative estimate of drug-likeness (QED) is 0.237. The van der Waals surface area contributed by atoms with Gasteiger partial charge in [0, 0.05) is 46.7 Å². The van der Waals surface area contributed by atoms with E-state index in [-0.39, 0.29) is 31.1 Å². The van der Waals surface area contributed by atoms with Gasteiger partial charge >= 0.3 is 5.97 Å². The minimum absolute atomic E-state index is 0.0346. The highest BCUT2D eigenvalue weighted by molar-refractivity contribution is 7.17. The molecule has 2 fully saturated rings. The summed E-state index contributed by atoms with van der Waals surface area (Å²) in [6.07, 6.45) is 2.61. The van der Waals surface area contributed by atoms with Crippen LogP contribution in [0.5, 0.6) is 11.5 Å². The standard InChI is InChI=1S/C33H32O6S/c1-21-14-27(39-26-10-12-37-13-11-26)7-8-28(21)30-20-40-31-9-2-22(15-29(30)31)19-38-25-5-3-23(4-6-25)33(18-32(35)36)16-24(34)17-33/h2-9,14-15,20,26H,10-13,16-19H2,1H3,(H,35,36). The monoisotopic (exact) mass is 556 g/mol. The maximum Gasteiger partial charge on any atom is 0.304 e. The second-order valence-corrected chi connectivity index (χ2v) is 11.9. The molecule has 0 spiro atoms. The first kappa shape index (κ1) is 26.5. The summed E-state index contributed by atoms with van der Waals surface area (Å²) < 4.78 is 19.0. The van der Waals surface area contributed by atoms with E-state index in [1.54, 1.807) is 11.3 Å². The number of ether oxygens (including phenoxy) is 3. The molecule has 2 aliphatic rings. The lowest BCUT2D eigenvalue weighted by molar-refractivity contribution is -0.141. The van der Waals surface area contributed by atoms with Gasteiger partial charge in [0.2, 0.25) is 0 Å². The number of carbonyl (C=O) groups excluding carboxylic acids is 1. The largest absolute Gasteiger partial charge is 0.490 e. The van der Waals surface area contributed by atoms with Gasteiger partial charge in [0.25, 0.3) is 0 Å². The Bertz CT molecular complexity index is 1540. The topological polar surface area (TPSA) is 82.1 Å². The van der Waals surface area contributed by atoms with Gasteiger partial charge in [-0.2, -0.15) is 0 Å². The van der Waals surface area contributed by atoms with Crippen molar-refractivity contribution in [2.75, 3.05) is 13.2 Å².